The molecule has 0 spiro atoms. The molecule has 2 heterocycles. The summed E-state index contributed by atoms with van der Waals surface area (Å²) in [6.45, 7) is 4.93. The lowest BCUT2D eigenvalue weighted by Crippen LogP contribution is -2.04. The first kappa shape index (κ1) is 12.3. The van der Waals surface area contributed by atoms with Crippen molar-refractivity contribution in [1.82, 2.24) is 20.2 Å². The molecule has 0 amide bonds. The molecule has 0 bridgehead atoms. The number of nitrogens with one attached hydrogen (secondary N) is 1. The summed E-state index contributed by atoms with van der Waals surface area (Å²) in [5.41, 5.74) is 1.71. The Hall–Kier alpha value is -1.21. The van der Waals surface area contributed by atoms with Crippen LogP contribution in [0.3, 0.4) is 0 Å². The summed E-state index contributed by atoms with van der Waals surface area (Å²) in [5.74, 6) is 1.63. The minimum atomic E-state index is 0.762. The Labute approximate surface area is 108 Å². The molecule has 0 atom stereocenters. The van der Waals surface area contributed by atoms with Crippen LogP contribution in [0.2, 0.25) is 0 Å². The zero-order valence-electron chi connectivity index (χ0n) is 9.67. The van der Waals surface area contributed by atoms with Gasteiger partial charge in [0.05, 0.1) is 0 Å². The number of aromatic nitrogens is 4. The first-order valence-electron chi connectivity index (χ1n) is 5.31. The van der Waals surface area contributed by atoms with Gasteiger partial charge in [-0.3, -0.25) is 0 Å². The van der Waals surface area contributed by atoms with E-state index in [0.717, 1.165) is 34.0 Å². The molecule has 2 rings (SSSR count). The van der Waals surface area contributed by atoms with E-state index in [1.54, 1.807) is 5.51 Å². The second-order valence-electron chi connectivity index (χ2n) is 3.37. The minimum Gasteiger partial charge on any atom is -0.370 e. The predicted octanol–water partition coefficient (Wildman–Crippen LogP) is 2.61. The van der Waals surface area contributed by atoms with E-state index < -0.39 is 0 Å². The average Bonchev–Trinajstić information content (AvgIpc) is 2.78. The first-order chi connectivity index (χ1) is 8.28. The molecule has 0 aromatic carbocycles. The first-order valence-corrected chi connectivity index (χ1v) is 7.01. The van der Waals surface area contributed by atoms with Gasteiger partial charge in [-0.1, -0.05) is 18.3 Å². The van der Waals surface area contributed by atoms with E-state index in [4.69, 9.17) is 0 Å². The van der Waals surface area contributed by atoms with Gasteiger partial charge in [0, 0.05) is 12.6 Å². The predicted molar refractivity (Wildman–Crippen MR) is 69.6 cm³/mol. The summed E-state index contributed by atoms with van der Waals surface area (Å²) >= 11 is 3.02. The highest BCUT2D eigenvalue weighted by Gasteiger charge is 2.05. The van der Waals surface area contributed by atoms with Gasteiger partial charge in [-0.05, 0) is 25.1 Å². The second kappa shape index (κ2) is 5.92. The third-order valence-corrected chi connectivity index (χ3v) is 3.60. The van der Waals surface area contributed by atoms with Gasteiger partial charge in [-0.25, -0.2) is 9.97 Å². The van der Waals surface area contributed by atoms with Crippen molar-refractivity contribution in [2.75, 3.05) is 11.9 Å². The van der Waals surface area contributed by atoms with Gasteiger partial charge in [0.2, 0.25) is 0 Å². The number of anilines is 1. The number of hydrogen-bond donors (Lipinski definition) is 1. The average molecular weight is 267 g/mol. The van der Waals surface area contributed by atoms with Crippen molar-refractivity contribution in [3.05, 3.63) is 17.4 Å². The molecule has 5 nitrogen and oxygen atoms in total. The number of aryl methyl sites for hydroxylation is 1. The van der Waals surface area contributed by atoms with E-state index in [1.165, 1.54) is 23.1 Å². The van der Waals surface area contributed by atoms with Crippen molar-refractivity contribution in [2.24, 2.45) is 0 Å². The van der Waals surface area contributed by atoms with Crippen molar-refractivity contribution < 1.29 is 0 Å². The Bertz CT molecular complexity index is 472. The highest BCUT2D eigenvalue weighted by molar-refractivity contribution is 8.00. The molecule has 0 aliphatic heterocycles. The molecule has 90 valence electrons. The van der Waals surface area contributed by atoms with Gasteiger partial charge in [0.1, 0.15) is 22.2 Å². The van der Waals surface area contributed by atoms with Crippen LogP contribution in [0, 0.1) is 6.92 Å². The number of rotatable bonds is 5. The fraction of sp³-hybridized carbons (Fsp3) is 0.400. The molecule has 7 heteroatoms. The van der Waals surface area contributed by atoms with E-state index >= 15 is 0 Å². The highest BCUT2D eigenvalue weighted by atomic mass is 32.2. The maximum Gasteiger partial charge on any atom is 0.180 e. The molecule has 0 saturated heterocycles. The van der Waals surface area contributed by atoms with Crippen molar-refractivity contribution in [1.29, 1.82) is 0 Å². The Morgan fingerprint density at radius 3 is 3.00 bits per heavy atom. The topological polar surface area (TPSA) is 63.6 Å². The Morgan fingerprint density at radius 1 is 1.41 bits per heavy atom. The molecular weight excluding hydrogens is 254 g/mol. The fourth-order valence-corrected chi connectivity index (χ4v) is 2.70. The number of hydrogen-bond acceptors (Lipinski definition) is 7. The second-order valence-corrected chi connectivity index (χ2v) is 5.47. The molecule has 0 unspecified atom stereocenters. The quantitative estimate of drug-likeness (QED) is 0.840. The van der Waals surface area contributed by atoms with Crippen molar-refractivity contribution >= 4 is 28.9 Å². The summed E-state index contributed by atoms with van der Waals surface area (Å²) in [6, 6.07) is 1.94. The normalized spacial score (nSPS) is 10.5. The standard InChI is InChI=1S/C10H13N5S2/c1-3-4-11-8-5-9(14-7(2)13-8)17-10-15-12-6-16-10/h5-6H,3-4H2,1-2H3,(H,11,13,14). The Morgan fingerprint density at radius 2 is 2.29 bits per heavy atom. The monoisotopic (exact) mass is 267 g/mol. The van der Waals surface area contributed by atoms with Crippen LogP contribution in [0.5, 0.6) is 0 Å². The summed E-state index contributed by atoms with van der Waals surface area (Å²) < 4.78 is 0.893. The van der Waals surface area contributed by atoms with Crippen LogP contribution in [0.4, 0.5) is 5.82 Å². The molecule has 2 aromatic heterocycles. The molecule has 2 aromatic rings. The van der Waals surface area contributed by atoms with E-state index in [9.17, 15) is 0 Å². The van der Waals surface area contributed by atoms with Crippen LogP contribution in [0.15, 0.2) is 20.9 Å². The van der Waals surface area contributed by atoms with Crippen LogP contribution in [-0.4, -0.2) is 26.7 Å². The molecule has 0 radical (unpaired) electrons. The van der Waals surface area contributed by atoms with Crippen LogP contribution in [0.25, 0.3) is 0 Å². The van der Waals surface area contributed by atoms with Crippen LogP contribution in [0.1, 0.15) is 19.2 Å². The Kier molecular flexibility index (Phi) is 4.27. The lowest BCUT2D eigenvalue weighted by Gasteiger charge is -2.06. The molecular formula is C10H13N5S2. The summed E-state index contributed by atoms with van der Waals surface area (Å²) in [7, 11) is 0. The number of nitrogens with zero attached hydrogens (tertiary/aromatic N) is 4. The molecule has 0 saturated carbocycles. The molecule has 17 heavy (non-hydrogen) atoms. The van der Waals surface area contributed by atoms with Gasteiger partial charge in [-0.2, -0.15) is 0 Å². The molecule has 0 aliphatic rings. The van der Waals surface area contributed by atoms with E-state index in [2.05, 4.69) is 32.4 Å². The summed E-state index contributed by atoms with van der Waals surface area (Å²) in [4.78, 5) is 8.70. The highest BCUT2D eigenvalue weighted by Crippen LogP contribution is 2.28. The van der Waals surface area contributed by atoms with Gasteiger partial charge >= 0.3 is 0 Å². The maximum absolute atomic E-state index is 4.37. The van der Waals surface area contributed by atoms with Gasteiger partial charge in [0.25, 0.3) is 0 Å². The van der Waals surface area contributed by atoms with E-state index in [-0.39, 0.29) is 0 Å². The third kappa shape index (κ3) is 3.64. The fourth-order valence-electron chi connectivity index (χ4n) is 1.23. The van der Waals surface area contributed by atoms with Crippen molar-refractivity contribution in [3.63, 3.8) is 0 Å². The van der Waals surface area contributed by atoms with Crippen molar-refractivity contribution in [3.8, 4) is 0 Å². The lowest BCUT2D eigenvalue weighted by atomic mass is 10.4. The van der Waals surface area contributed by atoms with Gasteiger partial charge < -0.3 is 5.32 Å². The molecule has 0 aliphatic carbocycles. The van der Waals surface area contributed by atoms with Crippen molar-refractivity contribution in [2.45, 2.75) is 29.6 Å². The third-order valence-electron chi connectivity index (χ3n) is 1.90. The summed E-state index contributed by atoms with van der Waals surface area (Å²) in [5, 5.41) is 11.9. The SMILES string of the molecule is CCCNc1cc(Sc2nncs2)nc(C)n1. The van der Waals surface area contributed by atoms with Crippen LogP contribution in [-0.2, 0) is 0 Å². The zero-order valence-corrected chi connectivity index (χ0v) is 11.3. The molecule has 1 N–H and O–H groups in total. The maximum atomic E-state index is 4.37. The smallest absolute Gasteiger partial charge is 0.180 e. The lowest BCUT2D eigenvalue weighted by molar-refractivity contribution is 0.926. The summed E-state index contributed by atoms with van der Waals surface area (Å²) in [6.07, 6.45) is 1.07. The van der Waals surface area contributed by atoms with Gasteiger partial charge in [0.15, 0.2) is 4.34 Å². The van der Waals surface area contributed by atoms with Crippen LogP contribution < -0.4 is 5.32 Å². The molecule has 0 fully saturated rings. The minimum absolute atomic E-state index is 0.762. The van der Waals surface area contributed by atoms with E-state index in [0.29, 0.717) is 0 Å². The zero-order chi connectivity index (χ0) is 12.1. The Balaban J connectivity index is 2.13. The largest absolute Gasteiger partial charge is 0.370 e. The van der Waals surface area contributed by atoms with E-state index in [1.807, 2.05) is 13.0 Å². The van der Waals surface area contributed by atoms with Gasteiger partial charge in [-0.15, -0.1) is 10.2 Å². The van der Waals surface area contributed by atoms with Crippen LogP contribution >= 0.6 is 23.1 Å².